The van der Waals surface area contributed by atoms with Crippen molar-refractivity contribution in [3.8, 4) is 0 Å². The van der Waals surface area contributed by atoms with Crippen LogP contribution in [-0.4, -0.2) is 53.6 Å². The minimum atomic E-state index is 0.298. The van der Waals surface area contributed by atoms with Gasteiger partial charge in [0.2, 0.25) is 5.95 Å². The molecule has 0 saturated carbocycles. The molecule has 8 heteroatoms. The second-order valence-electron chi connectivity index (χ2n) is 7.08. The Morgan fingerprint density at radius 1 is 1.17 bits per heavy atom. The highest BCUT2D eigenvalue weighted by Gasteiger charge is 2.18. The van der Waals surface area contributed by atoms with Gasteiger partial charge in [0, 0.05) is 26.2 Å². The number of halogens is 1. The van der Waals surface area contributed by atoms with Gasteiger partial charge in [-0.3, -0.25) is 9.98 Å². The van der Waals surface area contributed by atoms with Crippen LogP contribution >= 0.6 is 11.6 Å². The van der Waals surface area contributed by atoms with Gasteiger partial charge < -0.3 is 20.3 Å². The maximum atomic E-state index is 8.87. The molecule has 4 rings (SSSR count). The van der Waals surface area contributed by atoms with E-state index in [1.165, 1.54) is 0 Å². The predicted molar refractivity (Wildman–Crippen MR) is 122 cm³/mol. The number of nitrogens with zero attached hydrogens (tertiary/aromatic N) is 3. The molecule has 0 spiro atoms. The molecule has 2 heterocycles. The lowest BCUT2D eigenvalue weighted by molar-refractivity contribution is 0.0510. The van der Waals surface area contributed by atoms with E-state index in [1.807, 2.05) is 62.5 Å². The molecule has 156 valence electrons. The van der Waals surface area contributed by atoms with Gasteiger partial charge >= 0.3 is 0 Å². The molecule has 1 fully saturated rings. The van der Waals surface area contributed by atoms with Crippen molar-refractivity contribution in [3.63, 3.8) is 0 Å². The van der Waals surface area contributed by atoms with E-state index in [2.05, 4.69) is 15.5 Å². The van der Waals surface area contributed by atoms with E-state index in [1.54, 1.807) is 4.57 Å². The number of allylic oxidation sites excluding steroid dienone is 1. The molecule has 30 heavy (non-hydrogen) atoms. The van der Waals surface area contributed by atoms with Crippen LogP contribution in [0.25, 0.3) is 11.0 Å². The first-order chi connectivity index (χ1) is 14.6. The van der Waals surface area contributed by atoms with Crippen LogP contribution in [-0.2, 0) is 4.74 Å². The van der Waals surface area contributed by atoms with Crippen molar-refractivity contribution >= 4 is 40.1 Å². The number of fused-ring (bicyclic) bond motifs is 1. The number of ether oxygens (including phenoxy) is 1. The minimum absolute atomic E-state index is 0.298. The molecule has 0 radical (unpaired) electrons. The summed E-state index contributed by atoms with van der Waals surface area (Å²) in [6, 6.07) is 13.5. The fourth-order valence-electron chi connectivity index (χ4n) is 3.58. The number of hydrogen-bond acceptors (Lipinski definition) is 6. The van der Waals surface area contributed by atoms with Crippen molar-refractivity contribution in [1.82, 2.24) is 19.8 Å². The summed E-state index contributed by atoms with van der Waals surface area (Å²) < 4.78 is 7.25. The first kappa shape index (κ1) is 20.3. The lowest BCUT2D eigenvalue weighted by Crippen LogP contribution is -2.39. The van der Waals surface area contributed by atoms with Crippen molar-refractivity contribution in [3.05, 3.63) is 64.9 Å². The van der Waals surface area contributed by atoms with Gasteiger partial charge in [-0.2, -0.15) is 0 Å². The lowest BCUT2D eigenvalue weighted by atomic mass is 10.2. The molecule has 0 atom stereocenters. The zero-order valence-electron chi connectivity index (χ0n) is 17.1. The quantitative estimate of drug-likeness (QED) is 0.427. The Morgan fingerprint density at radius 2 is 1.93 bits per heavy atom. The molecular weight excluding hydrogens is 400 g/mol. The Bertz CT molecular complexity index is 1080. The molecule has 7 nitrogen and oxygen atoms in total. The third kappa shape index (κ3) is 3.99. The molecule has 0 aliphatic carbocycles. The number of rotatable bonds is 5. The zero-order valence-corrected chi connectivity index (χ0v) is 17.8. The van der Waals surface area contributed by atoms with Crippen LogP contribution in [0, 0.1) is 12.3 Å². The predicted octanol–water partition coefficient (Wildman–Crippen LogP) is 3.96. The van der Waals surface area contributed by atoms with E-state index < -0.39 is 0 Å². The van der Waals surface area contributed by atoms with Crippen LogP contribution in [0.4, 0.5) is 11.6 Å². The van der Waals surface area contributed by atoms with Crippen molar-refractivity contribution in [2.24, 2.45) is 0 Å². The Hall–Kier alpha value is -3.03. The average molecular weight is 425 g/mol. The number of benzene rings is 2. The van der Waals surface area contributed by atoms with E-state index in [0.29, 0.717) is 30.0 Å². The van der Waals surface area contributed by atoms with Crippen molar-refractivity contribution < 1.29 is 4.74 Å². The summed E-state index contributed by atoms with van der Waals surface area (Å²) in [5.41, 5.74) is 3.45. The number of para-hydroxylation sites is 3. The van der Waals surface area contributed by atoms with Crippen molar-refractivity contribution in [1.29, 1.82) is 5.41 Å². The highest BCUT2D eigenvalue weighted by molar-refractivity contribution is 6.33. The monoisotopic (exact) mass is 424 g/mol. The van der Waals surface area contributed by atoms with Crippen LogP contribution < -0.4 is 10.6 Å². The van der Waals surface area contributed by atoms with Gasteiger partial charge in [0.15, 0.2) is 0 Å². The van der Waals surface area contributed by atoms with Crippen LogP contribution in [0.5, 0.6) is 0 Å². The number of aromatic nitrogens is 2. The third-order valence-corrected chi connectivity index (χ3v) is 5.46. The first-order valence-electron chi connectivity index (χ1n) is 9.89. The maximum Gasteiger partial charge on any atom is 0.214 e. The van der Waals surface area contributed by atoms with Gasteiger partial charge in [-0.25, -0.2) is 4.98 Å². The number of morpholine rings is 1. The summed E-state index contributed by atoms with van der Waals surface area (Å²) in [7, 11) is 1.87. The molecule has 0 unspecified atom stereocenters. The summed E-state index contributed by atoms with van der Waals surface area (Å²) in [6.07, 6.45) is 1.82. The topological polar surface area (TPSA) is 78.2 Å². The number of nitrogens with one attached hydrogen (secondary N) is 3. The van der Waals surface area contributed by atoms with E-state index in [9.17, 15) is 0 Å². The van der Waals surface area contributed by atoms with Gasteiger partial charge in [0.25, 0.3) is 0 Å². The fourth-order valence-corrected chi connectivity index (χ4v) is 3.84. The average Bonchev–Trinajstić information content (AvgIpc) is 3.13. The molecule has 2 aromatic carbocycles. The van der Waals surface area contributed by atoms with Gasteiger partial charge in [-0.1, -0.05) is 35.9 Å². The summed E-state index contributed by atoms with van der Waals surface area (Å²) in [6.45, 7) is 4.92. The van der Waals surface area contributed by atoms with Crippen LogP contribution in [0.2, 0.25) is 5.02 Å². The van der Waals surface area contributed by atoms with E-state index in [0.717, 1.165) is 41.2 Å². The smallest absolute Gasteiger partial charge is 0.214 e. The standard InChI is InChI=1S/C22H25ClN6O/c1-15-6-5-7-16(23)21(15)27-22-26-17-8-3-4-9-18(17)29(22)19(24)14-20(25-2)28-10-12-30-13-11-28/h3-9,14,24-25H,10-13H2,1-2H3,(H,26,27)/b20-14+,24-19?. The number of hydrogen-bond donors (Lipinski definition) is 3. The fraction of sp³-hybridized carbons (Fsp3) is 0.273. The molecule has 0 amide bonds. The first-order valence-corrected chi connectivity index (χ1v) is 10.3. The Balaban J connectivity index is 1.76. The van der Waals surface area contributed by atoms with E-state index in [4.69, 9.17) is 26.7 Å². The Kier molecular flexibility index (Phi) is 5.92. The largest absolute Gasteiger partial charge is 0.378 e. The van der Waals surface area contributed by atoms with Gasteiger partial charge in [-0.05, 0) is 30.7 Å². The van der Waals surface area contributed by atoms with E-state index in [-0.39, 0.29) is 0 Å². The second kappa shape index (κ2) is 8.77. The lowest BCUT2D eigenvalue weighted by Gasteiger charge is -2.30. The normalized spacial score (nSPS) is 14.8. The highest BCUT2D eigenvalue weighted by Crippen LogP contribution is 2.30. The zero-order chi connectivity index (χ0) is 21.1. The molecule has 1 aliphatic rings. The molecule has 1 aromatic heterocycles. The molecule has 1 aliphatic heterocycles. The van der Waals surface area contributed by atoms with Gasteiger partial charge in [-0.15, -0.1) is 0 Å². The maximum absolute atomic E-state index is 8.87. The summed E-state index contributed by atoms with van der Waals surface area (Å²) in [5, 5.41) is 16.0. The van der Waals surface area contributed by atoms with Crippen molar-refractivity contribution in [2.75, 3.05) is 38.7 Å². The van der Waals surface area contributed by atoms with Crippen molar-refractivity contribution in [2.45, 2.75) is 6.92 Å². The Labute approximate surface area is 180 Å². The van der Waals surface area contributed by atoms with Gasteiger partial charge in [0.05, 0.1) is 35.0 Å². The highest BCUT2D eigenvalue weighted by atomic mass is 35.5. The minimum Gasteiger partial charge on any atom is -0.378 e. The van der Waals surface area contributed by atoms with Crippen LogP contribution in [0.1, 0.15) is 5.56 Å². The number of aryl methyl sites for hydroxylation is 1. The van der Waals surface area contributed by atoms with Crippen LogP contribution in [0.3, 0.4) is 0 Å². The molecule has 3 N–H and O–H groups in total. The molecule has 0 bridgehead atoms. The summed E-state index contributed by atoms with van der Waals surface area (Å²) >= 11 is 6.42. The Morgan fingerprint density at radius 3 is 2.67 bits per heavy atom. The van der Waals surface area contributed by atoms with E-state index >= 15 is 0 Å². The molecule has 3 aromatic rings. The number of imidazole rings is 1. The molecular formula is C22H25ClN6O. The SMILES string of the molecule is CN/C(=C\C(=N)n1c(Nc2c(C)cccc2Cl)nc2ccccc21)N1CCOCC1. The molecule has 1 saturated heterocycles. The summed E-state index contributed by atoms with van der Waals surface area (Å²) in [5.74, 6) is 1.72. The van der Waals surface area contributed by atoms with Gasteiger partial charge in [0.1, 0.15) is 11.7 Å². The van der Waals surface area contributed by atoms with Crippen LogP contribution in [0.15, 0.2) is 54.4 Å². The number of anilines is 2. The third-order valence-electron chi connectivity index (χ3n) is 5.14. The summed E-state index contributed by atoms with van der Waals surface area (Å²) in [4.78, 5) is 6.91. The second-order valence-corrected chi connectivity index (χ2v) is 7.49.